The second-order valence-electron chi connectivity index (χ2n) is 6.07. The van der Waals surface area contributed by atoms with Gasteiger partial charge in [-0.2, -0.15) is 4.72 Å². The zero-order valence-electron chi connectivity index (χ0n) is 14.1. The fourth-order valence-corrected chi connectivity index (χ4v) is 4.02. The maximum absolute atomic E-state index is 13.6. The third kappa shape index (κ3) is 6.54. The molecule has 0 aromatic heterocycles. The summed E-state index contributed by atoms with van der Waals surface area (Å²) in [6.07, 6.45) is 3.13. The second kappa shape index (κ2) is 10.1. The van der Waals surface area contributed by atoms with E-state index in [2.05, 4.69) is 15.4 Å². The number of sulfonamides is 1. The van der Waals surface area contributed by atoms with Crippen molar-refractivity contribution in [2.24, 2.45) is 5.92 Å². The van der Waals surface area contributed by atoms with Crippen molar-refractivity contribution in [2.75, 3.05) is 19.6 Å². The van der Waals surface area contributed by atoms with Crippen LogP contribution in [0.15, 0.2) is 29.2 Å². The quantitative estimate of drug-likeness (QED) is 0.653. The molecule has 1 aliphatic rings. The first-order valence-corrected chi connectivity index (χ1v) is 9.64. The second-order valence-corrected chi connectivity index (χ2v) is 7.75. The average Bonchev–Trinajstić information content (AvgIpc) is 2.55. The molecule has 1 saturated heterocycles. The molecule has 0 saturated carbocycles. The predicted octanol–water partition coefficient (Wildman–Crippen LogP) is 1.42. The minimum atomic E-state index is -4.08. The van der Waals surface area contributed by atoms with Gasteiger partial charge in [0.15, 0.2) is 0 Å². The lowest BCUT2D eigenvalue weighted by molar-refractivity contribution is -0.122. The number of hydrogen-bond acceptors (Lipinski definition) is 4. The molecular weight excluding hydrogens is 369 g/mol. The highest BCUT2D eigenvalue weighted by molar-refractivity contribution is 7.89. The van der Waals surface area contributed by atoms with Gasteiger partial charge in [0.2, 0.25) is 15.9 Å². The highest BCUT2D eigenvalue weighted by Gasteiger charge is 2.24. The van der Waals surface area contributed by atoms with Crippen LogP contribution in [-0.2, 0) is 14.8 Å². The van der Waals surface area contributed by atoms with E-state index in [1.165, 1.54) is 25.1 Å². The summed E-state index contributed by atoms with van der Waals surface area (Å²) in [5.41, 5.74) is 0. The normalized spacial score (nSPS) is 18.9. The molecule has 2 unspecified atom stereocenters. The smallest absolute Gasteiger partial charge is 0.244 e. The van der Waals surface area contributed by atoms with Crippen LogP contribution in [0.4, 0.5) is 4.39 Å². The van der Waals surface area contributed by atoms with Gasteiger partial charge in [0.25, 0.3) is 0 Å². The Labute approximate surface area is 154 Å². The highest BCUT2D eigenvalue weighted by atomic mass is 35.5. The zero-order valence-corrected chi connectivity index (χ0v) is 15.8. The Morgan fingerprint density at radius 3 is 2.76 bits per heavy atom. The van der Waals surface area contributed by atoms with Crippen molar-refractivity contribution in [3.05, 3.63) is 30.1 Å². The summed E-state index contributed by atoms with van der Waals surface area (Å²) in [5, 5.41) is 6.04. The summed E-state index contributed by atoms with van der Waals surface area (Å²) in [4.78, 5) is 11.6. The van der Waals surface area contributed by atoms with Crippen LogP contribution in [0.5, 0.6) is 0 Å². The van der Waals surface area contributed by atoms with Gasteiger partial charge in [-0.05, 0) is 57.3 Å². The Kier molecular flexibility index (Phi) is 8.78. The third-order valence-corrected chi connectivity index (χ3v) is 5.68. The molecule has 3 N–H and O–H groups in total. The lowest BCUT2D eigenvalue weighted by Crippen LogP contribution is -2.45. The van der Waals surface area contributed by atoms with Crippen LogP contribution in [0.2, 0.25) is 0 Å². The summed E-state index contributed by atoms with van der Waals surface area (Å²) < 4.78 is 40.1. The Bertz CT molecular complexity index is 666. The summed E-state index contributed by atoms with van der Waals surface area (Å²) in [7, 11) is -4.08. The van der Waals surface area contributed by atoms with Gasteiger partial charge in [-0.15, -0.1) is 12.4 Å². The number of nitrogens with one attached hydrogen (secondary N) is 3. The van der Waals surface area contributed by atoms with Crippen LogP contribution in [0.1, 0.15) is 26.2 Å². The number of rotatable bonds is 7. The fourth-order valence-electron chi connectivity index (χ4n) is 2.74. The van der Waals surface area contributed by atoms with Gasteiger partial charge in [-0.3, -0.25) is 4.79 Å². The molecule has 2 rings (SSSR count). The summed E-state index contributed by atoms with van der Waals surface area (Å²) in [6.45, 7) is 3.93. The molecule has 0 radical (unpaired) electrons. The van der Waals surface area contributed by atoms with E-state index < -0.39 is 32.7 Å². The van der Waals surface area contributed by atoms with Crippen molar-refractivity contribution in [1.29, 1.82) is 0 Å². The van der Waals surface area contributed by atoms with Gasteiger partial charge in [0.1, 0.15) is 10.7 Å². The van der Waals surface area contributed by atoms with E-state index in [4.69, 9.17) is 0 Å². The molecule has 1 fully saturated rings. The first-order valence-electron chi connectivity index (χ1n) is 8.15. The van der Waals surface area contributed by atoms with Gasteiger partial charge in [0.05, 0.1) is 6.04 Å². The Morgan fingerprint density at radius 1 is 1.40 bits per heavy atom. The van der Waals surface area contributed by atoms with Crippen molar-refractivity contribution in [3.63, 3.8) is 0 Å². The minimum absolute atomic E-state index is 0. The molecule has 0 bridgehead atoms. The highest BCUT2D eigenvalue weighted by Crippen LogP contribution is 2.14. The van der Waals surface area contributed by atoms with E-state index >= 15 is 0 Å². The summed E-state index contributed by atoms with van der Waals surface area (Å²) in [5.74, 6) is -0.731. The van der Waals surface area contributed by atoms with Crippen LogP contribution in [0.25, 0.3) is 0 Å². The van der Waals surface area contributed by atoms with Crippen LogP contribution in [0.3, 0.4) is 0 Å². The van der Waals surface area contributed by atoms with Gasteiger partial charge in [-0.1, -0.05) is 12.1 Å². The summed E-state index contributed by atoms with van der Waals surface area (Å²) in [6, 6.07) is 4.10. The Balaban J connectivity index is 0.00000312. The molecule has 6 nitrogen and oxygen atoms in total. The lowest BCUT2D eigenvalue weighted by Gasteiger charge is -2.23. The third-order valence-electron chi connectivity index (χ3n) is 4.10. The number of carbonyl (C=O) groups excluding carboxylic acids is 1. The molecule has 1 aromatic rings. The standard InChI is InChI=1S/C16H24FN3O3S.ClH/c1-12(16(21)19-10-8-13-5-4-9-18-11-13)20-24(22,23)15-7-3-2-6-14(15)17;/h2-3,6-7,12-13,18,20H,4-5,8-11H2,1H3,(H,19,21);1H. The molecule has 1 aromatic carbocycles. The van der Waals surface area contributed by atoms with Crippen LogP contribution < -0.4 is 15.4 Å². The molecule has 0 aliphatic carbocycles. The van der Waals surface area contributed by atoms with Gasteiger partial charge in [0, 0.05) is 6.54 Å². The van der Waals surface area contributed by atoms with Crippen molar-refractivity contribution in [1.82, 2.24) is 15.4 Å². The molecule has 1 heterocycles. The SMILES string of the molecule is CC(NS(=O)(=O)c1ccccc1F)C(=O)NCCC1CCCNC1.Cl. The Hall–Kier alpha value is -1.22. The van der Waals surface area contributed by atoms with Gasteiger partial charge >= 0.3 is 0 Å². The van der Waals surface area contributed by atoms with Crippen molar-refractivity contribution in [2.45, 2.75) is 37.1 Å². The number of carbonyl (C=O) groups is 1. The monoisotopic (exact) mass is 393 g/mol. The molecule has 0 spiro atoms. The van der Waals surface area contributed by atoms with E-state index in [-0.39, 0.29) is 12.4 Å². The van der Waals surface area contributed by atoms with Crippen LogP contribution >= 0.6 is 12.4 Å². The predicted molar refractivity (Wildman–Crippen MR) is 96.7 cm³/mol. The molecule has 2 atom stereocenters. The molecule has 142 valence electrons. The Morgan fingerprint density at radius 2 is 2.12 bits per heavy atom. The van der Waals surface area contributed by atoms with E-state index in [0.717, 1.165) is 38.4 Å². The molecule has 1 aliphatic heterocycles. The van der Waals surface area contributed by atoms with Crippen molar-refractivity contribution >= 4 is 28.3 Å². The van der Waals surface area contributed by atoms with E-state index in [1.807, 2.05) is 0 Å². The van der Waals surface area contributed by atoms with Crippen molar-refractivity contribution in [3.8, 4) is 0 Å². The molecule has 25 heavy (non-hydrogen) atoms. The summed E-state index contributed by atoms with van der Waals surface area (Å²) >= 11 is 0. The number of piperidine rings is 1. The average molecular weight is 394 g/mol. The largest absolute Gasteiger partial charge is 0.355 e. The lowest BCUT2D eigenvalue weighted by atomic mass is 9.96. The van der Waals surface area contributed by atoms with Crippen LogP contribution in [-0.4, -0.2) is 40.0 Å². The number of benzene rings is 1. The molecular formula is C16H25ClFN3O3S. The maximum Gasteiger partial charge on any atom is 0.244 e. The van der Waals surface area contributed by atoms with Gasteiger partial charge in [-0.25, -0.2) is 12.8 Å². The first kappa shape index (κ1) is 21.8. The fraction of sp³-hybridized carbons (Fsp3) is 0.562. The van der Waals surface area contributed by atoms with E-state index in [9.17, 15) is 17.6 Å². The van der Waals surface area contributed by atoms with E-state index in [0.29, 0.717) is 12.5 Å². The van der Waals surface area contributed by atoms with Gasteiger partial charge < -0.3 is 10.6 Å². The van der Waals surface area contributed by atoms with Crippen molar-refractivity contribution < 1.29 is 17.6 Å². The first-order chi connectivity index (χ1) is 11.4. The topological polar surface area (TPSA) is 87.3 Å². The number of halogens is 2. The maximum atomic E-state index is 13.6. The number of amides is 1. The minimum Gasteiger partial charge on any atom is -0.355 e. The number of hydrogen-bond donors (Lipinski definition) is 3. The molecule has 1 amide bonds. The zero-order chi connectivity index (χ0) is 17.6. The molecule has 9 heteroatoms. The van der Waals surface area contributed by atoms with Crippen LogP contribution in [0, 0.1) is 11.7 Å². The van der Waals surface area contributed by atoms with E-state index in [1.54, 1.807) is 0 Å².